The molecule has 244 valence electrons. The zero-order valence-electron chi connectivity index (χ0n) is 29.3. The Labute approximate surface area is 273 Å². The van der Waals surface area contributed by atoms with Gasteiger partial charge in [0.1, 0.15) is 0 Å². The van der Waals surface area contributed by atoms with E-state index in [-0.39, 0.29) is 0 Å². The Morgan fingerprint density at radius 3 is 1.19 bits per heavy atom. The molecule has 2 nitrogen and oxygen atoms in total. The first-order valence-corrected chi connectivity index (χ1v) is 25.0. The maximum atomic E-state index is 7.51. The van der Waals surface area contributed by atoms with Crippen molar-refractivity contribution in [1.29, 1.82) is 0 Å². The average Bonchev–Trinajstić information content (AvgIpc) is 3.02. The van der Waals surface area contributed by atoms with Crippen LogP contribution in [-0.2, 0) is 25.7 Å². The standard InChI is InChI=1S/2C12H18O.2C8H17.Sn/c2*1-3-5-7-10-8-6-9-12(13)11(10)4-2;2*1-3-5-7-8-6-4-2;/h2*6,8-9,13H,3-5,7H2,1-2H3;2*1,3-8H2,2H3;/q;;;;+2/p-2. The maximum absolute atomic E-state index is 7.51. The average molecular weight is 700 g/mol. The molecule has 0 aliphatic heterocycles. The normalized spacial score (nSPS) is 11.7. The van der Waals surface area contributed by atoms with Crippen LogP contribution in [0.1, 0.15) is 167 Å². The van der Waals surface area contributed by atoms with E-state index in [0.717, 1.165) is 46.1 Å². The molecule has 0 aromatic heterocycles. The summed E-state index contributed by atoms with van der Waals surface area (Å²) in [6.45, 7) is 13.8. The predicted octanol–water partition coefficient (Wildman–Crippen LogP) is 13.1. The van der Waals surface area contributed by atoms with Crippen molar-refractivity contribution in [2.45, 2.75) is 179 Å². The Morgan fingerprint density at radius 1 is 0.442 bits per heavy atom. The van der Waals surface area contributed by atoms with E-state index in [0.29, 0.717) is 0 Å². The van der Waals surface area contributed by atoms with Gasteiger partial charge in [0.15, 0.2) is 0 Å². The van der Waals surface area contributed by atoms with Gasteiger partial charge in [-0.25, -0.2) is 0 Å². The van der Waals surface area contributed by atoms with Crippen LogP contribution in [0.15, 0.2) is 36.4 Å². The van der Waals surface area contributed by atoms with Crippen LogP contribution in [0.2, 0.25) is 8.87 Å². The molecule has 3 heteroatoms. The molecule has 2 aromatic carbocycles. The molecule has 0 N–H and O–H groups in total. The van der Waals surface area contributed by atoms with Crippen molar-refractivity contribution in [3.63, 3.8) is 0 Å². The van der Waals surface area contributed by atoms with Crippen LogP contribution >= 0.6 is 0 Å². The Balaban J connectivity index is 2.49. The Hall–Kier alpha value is -1.16. The van der Waals surface area contributed by atoms with Gasteiger partial charge in [0.25, 0.3) is 0 Å². The summed E-state index contributed by atoms with van der Waals surface area (Å²) in [5, 5.41) is 0. The summed E-state index contributed by atoms with van der Waals surface area (Å²) in [7, 11) is 0. The van der Waals surface area contributed by atoms with E-state index in [2.05, 4.69) is 77.9 Å². The van der Waals surface area contributed by atoms with Crippen molar-refractivity contribution < 1.29 is 6.15 Å². The molecule has 0 bridgehead atoms. The van der Waals surface area contributed by atoms with Gasteiger partial charge in [0.05, 0.1) is 0 Å². The number of unbranched alkanes of at least 4 members (excludes halogenated alkanes) is 12. The van der Waals surface area contributed by atoms with Crippen LogP contribution in [0, 0.1) is 0 Å². The number of aryl methyl sites for hydroxylation is 2. The molecular formula is C40H68O2Sn. The number of rotatable bonds is 26. The molecule has 2 rings (SSSR count). The van der Waals surface area contributed by atoms with Gasteiger partial charge < -0.3 is 0 Å². The summed E-state index contributed by atoms with van der Waals surface area (Å²) in [4.78, 5) is 0. The van der Waals surface area contributed by atoms with E-state index in [1.807, 2.05) is 0 Å². The van der Waals surface area contributed by atoms with Crippen LogP contribution in [0.5, 0.6) is 11.5 Å². The van der Waals surface area contributed by atoms with E-state index in [4.69, 9.17) is 6.15 Å². The zero-order chi connectivity index (χ0) is 31.2. The first-order valence-electron chi connectivity index (χ1n) is 18.7. The van der Waals surface area contributed by atoms with Gasteiger partial charge in [0, 0.05) is 0 Å². The first-order chi connectivity index (χ1) is 21.1. The summed E-state index contributed by atoms with van der Waals surface area (Å²) >= 11 is -3.63. The molecule has 0 saturated carbocycles. The fraction of sp³-hybridized carbons (Fsp3) is 0.700. The monoisotopic (exact) mass is 700 g/mol. The van der Waals surface area contributed by atoms with Crippen molar-refractivity contribution in [2.75, 3.05) is 0 Å². The first kappa shape index (κ1) is 38.0. The summed E-state index contributed by atoms with van der Waals surface area (Å²) in [5.74, 6) is 2.29. The van der Waals surface area contributed by atoms with Crippen molar-refractivity contribution in [1.82, 2.24) is 0 Å². The number of hydrogen-bond donors (Lipinski definition) is 0. The second kappa shape index (κ2) is 23.2. The van der Waals surface area contributed by atoms with Crippen LogP contribution in [-0.4, -0.2) is 19.2 Å². The molecule has 0 heterocycles. The fourth-order valence-corrected chi connectivity index (χ4v) is 16.4. The molecule has 0 atom stereocenters. The van der Waals surface area contributed by atoms with Crippen LogP contribution in [0.4, 0.5) is 0 Å². The molecular weight excluding hydrogens is 631 g/mol. The number of benzene rings is 2. The van der Waals surface area contributed by atoms with Crippen LogP contribution < -0.4 is 6.15 Å². The number of hydrogen-bond acceptors (Lipinski definition) is 2. The molecule has 0 spiro atoms. The quantitative estimate of drug-likeness (QED) is 0.0719. The minimum atomic E-state index is -3.63. The summed E-state index contributed by atoms with van der Waals surface area (Å²) in [6.07, 6.45) is 25.1. The third kappa shape index (κ3) is 13.8. The van der Waals surface area contributed by atoms with Crippen molar-refractivity contribution in [3.05, 3.63) is 58.7 Å². The van der Waals surface area contributed by atoms with E-state index in [9.17, 15) is 0 Å². The molecule has 43 heavy (non-hydrogen) atoms. The molecule has 0 fully saturated rings. The minimum absolute atomic E-state index is 1.03. The summed E-state index contributed by atoms with van der Waals surface area (Å²) < 4.78 is 17.3. The van der Waals surface area contributed by atoms with Gasteiger partial charge in [-0.3, -0.25) is 0 Å². The van der Waals surface area contributed by atoms with Crippen molar-refractivity contribution in [3.8, 4) is 11.5 Å². The molecule has 2 aromatic rings. The van der Waals surface area contributed by atoms with Gasteiger partial charge >= 0.3 is 274 Å². The van der Waals surface area contributed by atoms with Crippen molar-refractivity contribution in [2.24, 2.45) is 0 Å². The van der Waals surface area contributed by atoms with Gasteiger partial charge in [-0.2, -0.15) is 0 Å². The second-order valence-electron chi connectivity index (χ2n) is 12.9. The molecule has 0 unspecified atom stereocenters. The Morgan fingerprint density at radius 2 is 0.814 bits per heavy atom. The van der Waals surface area contributed by atoms with Crippen LogP contribution in [0.3, 0.4) is 0 Å². The third-order valence-corrected chi connectivity index (χ3v) is 18.9. The van der Waals surface area contributed by atoms with E-state index < -0.39 is 19.2 Å². The SMILES string of the molecule is CCCCCCC[CH2][Sn]([CH2]CCCCCCC)([O]c1cccc(CCCC)c1CC)[O]c1cccc(CCCC)c1CC. The molecule has 0 aliphatic carbocycles. The fourth-order valence-electron chi connectivity index (χ4n) is 6.52. The van der Waals surface area contributed by atoms with Gasteiger partial charge in [-0.05, 0) is 0 Å². The Kier molecular flexibility index (Phi) is 20.5. The second-order valence-corrected chi connectivity index (χ2v) is 22.1. The summed E-state index contributed by atoms with van der Waals surface area (Å²) in [6, 6.07) is 13.7. The third-order valence-electron chi connectivity index (χ3n) is 9.18. The van der Waals surface area contributed by atoms with Gasteiger partial charge in [-0.15, -0.1) is 0 Å². The Bertz CT molecular complexity index is 905. The zero-order valence-corrected chi connectivity index (χ0v) is 32.2. The van der Waals surface area contributed by atoms with E-state index >= 15 is 0 Å². The molecule has 0 radical (unpaired) electrons. The summed E-state index contributed by atoms with van der Waals surface area (Å²) in [5.41, 5.74) is 5.83. The van der Waals surface area contributed by atoms with Gasteiger partial charge in [0.2, 0.25) is 0 Å². The molecule has 0 saturated heterocycles. The molecule has 0 amide bonds. The van der Waals surface area contributed by atoms with Gasteiger partial charge in [-0.1, -0.05) is 0 Å². The van der Waals surface area contributed by atoms with Crippen LogP contribution in [0.25, 0.3) is 0 Å². The predicted molar refractivity (Wildman–Crippen MR) is 192 cm³/mol. The topological polar surface area (TPSA) is 18.5 Å². The van der Waals surface area contributed by atoms with Crippen molar-refractivity contribution >= 4 is 19.2 Å². The molecule has 0 aliphatic rings. The van der Waals surface area contributed by atoms with E-state index in [1.54, 1.807) is 0 Å². The van der Waals surface area contributed by atoms with E-state index in [1.165, 1.54) is 125 Å².